The van der Waals surface area contributed by atoms with E-state index in [-0.39, 0.29) is 0 Å². The third-order valence-corrected chi connectivity index (χ3v) is 3.50. The molecule has 1 unspecified atom stereocenters. The van der Waals surface area contributed by atoms with E-state index in [2.05, 4.69) is 0 Å². The monoisotopic (exact) mass is 254 g/mol. The highest BCUT2D eigenvalue weighted by Gasteiger charge is 2.30. The molecule has 0 radical (unpaired) electrons. The Morgan fingerprint density at radius 1 is 1.11 bits per heavy atom. The van der Waals surface area contributed by atoms with Gasteiger partial charge in [-0.15, -0.1) is 0 Å². The first-order chi connectivity index (χ1) is 9.25. The summed E-state index contributed by atoms with van der Waals surface area (Å²) < 4.78 is 5.86. The predicted octanol–water partition coefficient (Wildman–Crippen LogP) is 3.59. The highest BCUT2D eigenvalue weighted by Crippen LogP contribution is 2.39. The zero-order chi connectivity index (χ0) is 13.2. The van der Waals surface area contributed by atoms with Gasteiger partial charge in [-0.1, -0.05) is 30.3 Å². The van der Waals surface area contributed by atoms with Crippen molar-refractivity contribution in [2.75, 3.05) is 0 Å². The van der Waals surface area contributed by atoms with Crippen LogP contribution in [0.15, 0.2) is 48.5 Å². The van der Waals surface area contributed by atoms with E-state index in [1.54, 1.807) is 0 Å². The van der Waals surface area contributed by atoms with Crippen molar-refractivity contribution in [2.24, 2.45) is 0 Å². The SMILES string of the molecule is O=C(O)C1CCc2c(Oc3ccccc3)cccc21. The van der Waals surface area contributed by atoms with Gasteiger partial charge in [-0.2, -0.15) is 0 Å². The van der Waals surface area contributed by atoms with E-state index < -0.39 is 11.9 Å². The molecule has 0 saturated heterocycles. The van der Waals surface area contributed by atoms with Crippen molar-refractivity contribution in [1.82, 2.24) is 0 Å². The molecule has 3 rings (SSSR count). The highest BCUT2D eigenvalue weighted by atomic mass is 16.5. The van der Waals surface area contributed by atoms with E-state index >= 15 is 0 Å². The van der Waals surface area contributed by atoms with Crippen molar-refractivity contribution in [1.29, 1.82) is 0 Å². The number of aliphatic carboxylic acids is 1. The third kappa shape index (κ3) is 2.19. The number of rotatable bonds is 3. The van der Waals surface area contributed by atoms with Crippen molar-refractivity contribution in [2.45, 2.75) is 18.8 Å². The van der Waals surface area contributed by atoms with Crippen LogP contribution < -0.4 is 4.74 Å². The lowest BCUT2D eigenvalue weighted by molar-refractivity contribution is -0.138. The first-order valence-electron chi connectivity index (χ1n) is 6.33. The number of carboxylic acid groups (broad SMARTS) is 1. The first kappa shape index (κ1) is 11.8. The van der Waals surface area contributed by atoms with Gasteiger partial charge in [-0.25, -0.2) is 0 Å². The van der Waals surface area contributed by atoms with Crippen molar-refractivity contribution >= 4 is 5.97 Å². The van der Waals surface area contributed by atoms with Crippen LogP contribution in [0, 0.1) is 0 Å². The van der Waals surface area contributed by atoms with Crippen molar-refractivity contribution in [3.8, 4) is 11.5 Å². The van der Waals surface area contributed by atoms with Crippen molar-refractivity contribution in [3.63, 3.8) is 0 Å². The maximum atomic E-state index is 11.2. The molecule has 1 N–H and O–H groups in total. The van der Waals surface area contributed by atoms with Crippen LogP contribution >= 0.6 is 0 Å². The zero-order valence-corrected chi connectivity index (χ0v) is 10.4. The topological polar surface area (TPSA) is 46.5 Å². The van der Waals surface area contributed by atoms with Gasteiger partial charge in [0.1, 0.15) is 11.5 Å². The molecule has 0 amide bonds. The Hall–Kier alpha value is -2.29. The Bertz CT molecular complexity index is 605. The van der Waals surface area contributed by atoms with Gasteiger partial charge < -0.3 is 9.84 Å². The lowest BCUT2D eigenvalue weighted by Crippen LogP contribution is -2.07. The Balaban J connectivity index is 1.95. The third-order valence-electron chi connectivity index (χ3n) is 3.50. The average molecular weight is 254 g/mol. The van der Waals surface area contributed by atoms with Gasteiger partial charge in [0, 0.05) is 0 Å². The maximum Gasteiger partial charge on any atom is 0.310 e. The second kappa shape index (κ2) is 4.76. The summed E-state index contributed by atoms with van der Waals surface area (Å²) in [5.41, 5.74) is 1.92. The molecule has 1 aliphatic rings. The summed E-state index contributed by atoms with van der Waals surface area (Å²) in [5.74, 6) is 0.395. The van der Waals surface area contributed by atoms with E-state index in [0.29, 0.717) is 6.42 Å². The highest BCUT2D eigenvalue weighted by molar-refractivity contribution is 5.78. The molecule has 1 aliphatic carbocycles. The lowest BCUT2D eigenvalue weighted by atomic mass is 10.0. The molecular formula is C16H14O3. The van der Waals surface area contributed by atoms with Crippen LogP contribution in [0.5, 0.6) is 11.5 Å². The average Bonchev–Trinajstić information content (AvgIpc) is 2.85. The predicted molar refractivity (Wildman–Crippen MR) is 71.7 cm³/mol. The Labute approximate surface area is 111 Å². The van der Waals surface area contributed by atoms with Gasteiger partial charge in [-0.05, 0) is 42.2 Å². The number of fused-ring (bicyclic) bond motifs is 1. The second-order valence-electron chi connectivity index (χ2n) is 4.67. The Morgan fingerprint density at radius 3 is 2.63 bits per heavy atom. The van der Waals surface area contributed by atoms with Crippen LogP contribution in [0.1, 0.15) is 23.5 Å². The molecule has 0 heterocycles. The summed E-state index contributed by atoms with van der Waals surface area (Å²) in [5, 5.41) is 9.20. The number of hydrogen-bond donors (Lipinski definition) is 1. The second-order valence-corrected chi connectivity index (χ2v) is 4.67. The van der Waals surface area contributed by atoms with E-state index in [9.17, 15) is 9.90 Å². The number of hydrogen-bond acceptors (Lipinski definition) is 2. The van der Waals surface area contributed by atoms with E-state index in [4.69, 9.17) is 4.74 Å². The van der Waals surface area contributed by atoms with Crippen LogP contribution in [0.2, 0.25) is 0 Å². The number of carboxylic acids is 1. The number of benzene rings is 2. The van der Waals surface area contributed by atoms with Gasteiger partial charge in [0.15, 0.2) is 0 Å². The molecule has 3 nitrogen and oxygen atoms in total. The minimum atomic E-state index is -0.754. The molecule has 0 saturated carbocycles. The lowest BCUT2D eigenvalue weighted by Gasteiger charge is -2.11. The molecule has 3 heteroatoms. The molecule has 19 heavy (non-hydrogen) atoms. The number of ether oxygens (including phenoxy) is 1. The maximum absolute atomic E-state index is 11.2. The van der Waals surface area contributed by atoms with Crippen LogP contribution in [-0.4, -0.2) is 11.1 Å². The molecular weight excluding hydrogens is 240 g/mol. The first-order valence-corrected chi connectivity index (χ1v) is 6.33. The summed E-state index contributed by atoms with van der Waals surface area (Å²) in [6.45, 7) is 0. The summed E-state index contributed by atoms with van der Waals surface area (Å²) in [7, 11) is 0. The molecule has 96 valence electrons. The quantitative estimate of drug-likeness (QED) is 0.910. The number of para-hydroxylation sites is 1. The summed E-state index contributed by atoms with van der Waals surface area (Å²) in [6.07, 6.45) is 1.41. The zero-order valence-electron chi connectivity index (χ0n) is 10.4. The van der Waals surface area contributed by atoms with E-state index in [0.717, 1.165) is 29.0 Å². The fourth-order valence-corrected chi connectivity index (χ4v) is 2.59. The molecule has 0 spiro atoms. The molecule has 0 aliphatic heterocycles. The Kier molecular flexibility index (Phi) is 2.95. The molecule has 1 atom stereocenters. The van der Waals surface area contributed by atoms with Crippen LogP contribution in [-0.2, 0) is 11.2 Å². The van der Waals surface area contributed by atoms with Crippen molar-refractivity contribution in [3.05, 3.63) is 59.7 Å². The number of carbonyl (C=O) groups is 1. The summed E-state index contributed by atoms with van der Waals surface area (Å²) in [4.78, 5) is 11.2. The van der Waals surface area contributed by atoms with Gasteiger partial charge in [0.25, 0.3) is 0 Å². The molecule has 0 bridgehead atoms. The van der Waals surface area contributed by atoms with Crippen molar-refractivity contribution < 1.29 is 14.6 Å². The molecule has 0 aromatic heterocycles. The summed E-state index contributed by atoms with van der Waals surface area (Å²) in [6, 6.07) is 15.2. The molecule has 2 aromatic carbocycles. The van der Waals surface area contributed by atoms with Gasteiger partial charge >= 0.3 is 5.97 Å². The van der Waals surface area contributed by atoms with Crippen LogP contribution in [0.3, 0.4) is 0 Å². The fraction of sp³-hybridized carbons (Fsp3) is 0.188. The molecule has 0 fully saturated rings. The smallest absolute Gasteiger partial charge is 0.310 e. The minimum Gasteiger partial charge on any atom is -0.481 e. The largest absolute Gasteiger partial charge is 0.481 e. The molecule has 2 aromatic rings. The van der Waals surface area contributed by atoms with E-state index in [1.807, 2.05) is 48.5 Å². The Morgan fingerprint density at radius 2 is 1.89 bits per heavy atom. The van der Waals surface area contributed by atoms with Gasteiger partial charge in [-0.3, -0.25) is 4.79 Å². The minimum absolute atomic E-state index is 0.394. The van der Waals surface area contributed by atoms with Gasteiger partial charge in [0.2, 0.25) is 0 Å². The van der Waals surface area contributed by atoms with Crippen LogP contribution in [0.25, 0.3) is 0 Å². The normalized spacial score (nSPS) is 16.9. The standard InChI is InChI=1S/C16H14O3/c17-16(18)14-10-9-13-12(14)7-4-8-15(13)19-11-5-2-1-3-6-11/h1-8,14H,9-10H2,(H,17,18). The van der Waals surface area contributed by atoms with Gasteiger partial charge in [0.05, 0.1) is 5.92 Å². The van der Waals surface area contributed by atoms with Crippen LogP contribution in [0.4, 0.5) is 0 Å². The fourth-order valence-electron chi connectivity index (χ4n) is 2.59. The summed E-state index contributed by atoms with van der Waals surface area (Å²) >= 11 is 0. The van der Waals surface area contributed by atoms with E-state index in [1.165, 1.54) is 0 Å².